The summed E-state index contributed by atoms with van der Waals surface area (Å²) in [5.74, 6) is -0.253. The molecule has 1 aliphatic rings. The van der Waals surface area contributed by atoms with Crippen molar-refractivity contribution < 1.29 is 13.6 Å². The highest BCUT2D eigenvalue weighted by Crippen LogP contribution is 2.32. The number of aromatic amines is 1. The Morgan fingerprint density at radius 3 is 2.91 bits per heavy atom. The lowest BCUT2D eigenvalue weighted by atomic mass is 9.92. The summed E-state index contributed by atoms with van der Waals surface area (Å²) in [6.45, 7) is 3.93. The number of carbonyl (C=O) groups excluding carboxylic acids is 1. The van der Waals surface area contributed by atoms with Gasteiger partial charge in [0.1, 0.15) is 17.5 Å². The Kier molecular flexibility index (Phi) is 3.64. The Morgan fingerprint density at radius 2 is 2.23 bits per heavy atom. The number of benzene rings is 1. The quantitative estimate of drug-likeness (QED) is 0.924. The van der Waals surface area contributed by atoms with Gasteiger partial charge in [-0.25, -0.2) is 13.8 Å². The van der Waals surface area contributed by atoms with Crippen LogP contribution in [0, 0.1) is 18.6 Å². The molecule has 1 aromatic carbocycles. The molecule has 116 valence electrons. The molecule has 0 bridgehead atoms. The molecule has 1 atom stereocenters. The van der Waals surface area contributed by atoms with E-state index in [4.69, 9.17) is 0 Å². The summed E-state index contributed by atoms with van der Waals surface area (Å²) >= 11 is 0. The van der Waals surface area contributed by atoms with E-state index in [2.05, 4.69) is 15.2 Å². The highest BCUT2D eigenvalue weighted by atomic mass is 19.1. The molecule has 1 aromatic heterocycles. The third-order valence-corrected chi connectivity index (χ3v) is 3.99. The molecule has 7 heteroatoms. The molecule has 5 nitrogen and oxygen atoms in total. The number of aromatic nitrogens is 3. The summed E-state index contributed by atoms with van der Waals surface area (Å²) in [5, 5.41) is 6.63. The zero-order valence-corrected chi connectivity index (χ0v) is 12.4. The Bertz CT molecular complexity index is 728. The molecule has 0 saturated heterocycles. The number of nitrogens with one attached hydrogen (secondary N) is 1. The molecule has 1 amide bonds. The molecule has 1 aliphatic heterocycles. The molecule has 2 aromatic rings. The van der Waals surface area contributed by atoms with Crippen LogP contribution in [0.1, 0.15) is 35.7 Å². The molecule has 1 N–H and O–H groups in total. The second kappa shape index (κ2) is 5.47. The van der Waals surface area contributed by atoms with Gasteiger partial charge in [0.2, 0.25) is 5.91 Å². The molecule has 22 heavy (non-hydrogen) atoms. The van der Waals surface area contributed by atoms with Gasteiger partial charge >= 0.3 is 0 Å². The Balaban J connectivity index is 1.83. The van der Waals surface area contributed by atoms with Crippen LogP contribution in [0.3, 0.4) is 0 Å². The van der Waals surface area contributed by atoms with E-state index in [9.17, 15) is 13.6 Å². The molecule has 0 saturated carbocycles. The first kappa shape index (κ1) is 14.6. The summed E-state index contributed by atoms with van der Waals surface area (Å²) in [5.41, 5.74) is 1.02. The van der Waals surface area contributed by atoms with E-state index < -0.39 is 11.6 Å². The molecule has 3 rings (SSSR count). The lowest BCUT2D eigenvalue weighted by molar-refractivity contribution is -0.133. The van der Waals surface area contributed by atoms with Crippen LogP contribution in [0.15, 0.2) is 12.1 Å². The molecule has 0 aliphatic carbocycles. The van der Waals surface area contributed by atoms with Gasteiger partial charge in [0.25, 0.3) is 0 Å². The number of rotatable bonds is 2. The largest absolute Gasteiger partial charge is 0.335 e. The van der Waals surface area contributed by atoms with Gasteiger partial charge in [-0.15, -0.1) is 0 Å². The van der Waals surface area contributed by atoms with Crippen molar-refractivity contribution in [3.63, 3.8) is 0 Å². The van der Waals surface area contributed by atoms with Gasteiger partial charge in [-0.3, -0.25) is 9.89 Å². The monoisotopic (exact) mass is 306 g/mol. The summed E-state index contributed by atoms with van der Waals surface area (Å²) in [4.78, 5) is 18.1. The van der Waals surface area contributed by atoms with E-state index in [1.165, 1.54) is 6.07 Å². The van der Waals surface area contributed by atoms with E-state index in [-0.39, 0.29) is 18.4 Å². The van der Waals surface area contributed by atoms with Crippen LogP contribution in [0.5, 0.6) is 0 Å². The number of H-pyrrole nitrogens is 1. The van der Waals surface area contributed by atoms with Crippen molar-refractivity contribution in [1.82, 2.24) is 20.1 Å². The Labute approximate surface area is 126 Å². The van der Waals surface area contributed by atoms with Gasteiger partial charge in [0, 0.05) is 12.6 Å². The van der Waals surface area contributed by atoms with Crippen molar-refractivity contribution in [2.45, 2.75) is 32.7 Å². The average molecular weight is 306 g/mol. The Hall–Kier alpha value is -2.31. The van der Waals surface area contributed by atoms with Gasteiger partial charge in [-0.2, -0.15) is 5.10 Å². The highest BCUT2D eigenvalue weighted by Gasteiger charge is 2.30. The smallest absolute Gasteiger partial charge is 0.230 e. The number of carbonyl (C=O) groups is 1. The minimum Gasteiger partial charge on any atom is -0.335 e. The molecule has 2 heterocycles. The number of amides is 1. The van der Waals surface area contributed by atoms with Crippen LogP contribution in [0.2, 0.25) is 0 Å². The zero-order valence-electron chi connectivity index (χ0n) is 12.4. The predicted molar refractivity (Wildman–Crippen MR) is 75.0 cm³/mol. The number of hydrogen-bond acceptors (Lipinski definition) is 3. The maximum absolute atomic E-state index is 13.8. The summed E-state index contributed by atoms with van der Waals surface area (Å²) < 4.78 is 27.3. The second-order valence-corrected chi connectivity index (χ2v) is 5.48. The first-order valence-electron chi connectivity index (χ1n) is 7.11. The van der Waals surface area contributed by atoms with Crippen LogP contribution < -0.4 is 0 Å². The van der Waals surface area contributed by atoms with E-state index >= 15 is 0 Å². The van der Waals surface area contributed by atoms with E-state index in [1.807, 2.05) is 0 Å². The topological polar surface area (TPSA) is 61.9 Å². The lowest BCUT2D eigenvalue weighted by Gasteiger charge is -2.35. The van der Waals surface area contributed by atoms with Crippen molar-refractivity contribution in [3.05, 3.63) is 46.5 Å². The number of nitrogens with zero attached hydrogens (tertiary/aromatic N) is 3. The molecule has 0 spiro atoms. The predicted octanol–water partition coefficient (Wildman–Crippen LogP) is 2.08. The fourth-order valence-corrected chi connectivity index (χ4v) is 2.90. The van der Waals surface area contributed by atoms with Gasteiger partial charge in [0.15, 0.2) is 5.82 Å². The fourth-order valence-electron chi connectivity index (χ4n) is 2.90. The first-order valence-corrected chi connectivity index (χ1v) is 7.11. The van der Waals surface area contributed by atoms with Gasteiger partial charge in [-0.05, 0) is 37.5 Å². The van der Waals surface area contributed by atoms with Crippen molar-refractivity contribution in [1.29, 1.82) is 0 Å². The van der Waals surface area contributed by atoms with Crippen molar-refractivity contribution in [2.75, 3.05) is 6.54 Å². The summed E-state index contributed by atoms with van der Waals surface area (Å²) in [6.07, 6.45) is 0.451. The number of fused-ring (bicyclic) bond motifs is 1. The molecule has 1 unspecified atom stereocenters. The van der Waals surface area contributed by atoms with Crippen LogP contribution in [0.25, 0.3) is 0 Å². The third kappa shape index (κ3) is 2.58. The van der Waals surface area contributed by atoms with Gasteiger partial charge in [0.05, 0.1) is 12.5 Å². The minimum absolute atomic E-state index is 0.0712. The number of hydrogen-bond donors (Lipinski definition) is 1. The number of aryl methyl sites for hydroxylation is 1. The minimum atomic E-state index is -0.623. The maximum atomic E-state index is 13.8. The maximum Gasteiger partial charge on any atom is 0.230 e. The molecule has 0 radical (unpaired) electrons. The van der Waals surface area contributed by atoms with Crippen LogP contribution in [0.4, 0.5) is 8.78 Å². The van der Waals surface area contributed by atoms with Gasteiger partial charge < -0.3 is 4.90 Å². The van der Waals surface area contributed by atoms with Gasteiger partial charge in [-0.1, -0.05) is 0 Å². The van der Waals surface area contributed by atoms with Crippen molar-refractivity contribution >= 4 is 5.91 Å². The van der Waals surface area contributed by atoms with Crippen molar-refractivity contribution in [3.8, 4) is 0 Å². The third-order valence-electron chi connectivity index (χ3n) is 3.99. The molecular weight excluding hydrogens is 290 g/mol. The average Bonchev–Trinajstić information content (AvgIpc) is 2.85. The standard InChI is InChI=1S/C15H16F2N4O/c1-8-12-5-10(16)6-13(17)11(12)3-4-21(8)15(22)7-14-18-9(2)19-20-14/h5-6,8H,3-4,7H2,1-2H3,(H,18,19,20). The summed E-state index contributed by atoms with van der Waals surface area (Å²) in [6, 6.07) is 1.82. The van der Waals surface area contributed by atoms with E-state index in [0.29, 0.717) is 35.7 Å². The fraction of sp³-hybridized carbons (Fsp3) is 0.400. The van der Waals surface area contributed by atoms with E-state index in [0.717, 1.165) is 6.07 Å². The van der Waals surface area contributed by atoms with Crippen LogP contribution >= 0.6 is 0 Å². The SMILES string of the molecule is Cc1nc(CC(=O)N2CCc3c(F)cc(F)cc3C2C)n[nH]1. The highest BCUT2D eigenvalue weighted by molar-refractivity contribution is 5.78. The van der Waals surface area contributed by atoms with Crippen LogP contribution in [-0.4, -0.2) is 32.5 Å². The first-order chi connectivity index (χ1) is 10.5. The molecular formula is C15H16F2N4O. The zero-order chi connectivity index (χ0) is 15.9. The second-order valence-electron chi connectivity index (χ2n) is 5.48. The lowest BCUT2D eigenvalue weighted by Crippen LogP contribution is -2.40. The number of halogens is 2. The molecule has 0 fully saturated rings. The van der Waals surface area contributed by atoms with Crippen molar-refractivity contribution in [2.24, 2.45) is 0 Å². The Morgan fingerprint density at radius 1 is 1.45 bits per heavy atom. The summed E-state index contributed by atoms with van der Waals surface area (Å²) in [7, 11) is 0. The van der Waals surface area contributed by atoms with E-state index in [1.54, 1.807) is 18.7 Å². The normalized spacial score (nSPS) is 17.5. The van der Waals surface area contributed by atoms with Crippen LogP contribution in [-0.2, 0) is 17.6 Å².